The molecule has 1 aliphatic carbocycles. The molecule has 0 radical (unpaired) electrons. The van der Waals surface area contributed by atoms with Crippen LogP contribution in [0.1, 0.15) is 97.9 Å². The molecule has 0 bridgehead atoms. The number of para-hydroxylation sites is 1. The van der Waals surface area contributed by atoms with Gasteiger partial charge in [0.1, 0.15) is 17.4 Å². The Morgan fingerprint density at radius 3 is 2.55 bits per heavy atom. The van der Waals surface area contributed by atoms with Crippen LogP contribution in [0.25, 0.3) is 16.7 Å². The van der Waals surface area contributed by atoms with Gasteiger partial charge < -0.3 is 19.9 Å². The van der Waals surface area contributed by atoms with E-state index in [1.807, 2.05) is 24.3 Å². The molecule has 10 rings (SSSR count). The number of piperazine rings is 1. The molecule has 17 nitrogen and oxygen atoms in total. The van der Waals surface area contributed by atoms with Crippen molar-refractivity contribution in [1.82, 2.24) is 48.6 Å². The van der Waals surface area contributed by atoms with Crippen LogP contribution in [0.15, 0.2) is 47.7 Å². The first-order valence-electron chi connectivity index (χ1n) is 22.9. The van der Waals surface area contributed by atoms with E-state index in [1.165, 1.54) is 19.8 Å². The third kappa shape index (κ3) is 8.54. The lowest BCUT2D eigenvalue weighted by molar-refractivity contribution is -0.135. The van der Waals surface area contributed by atoms with Crippen LogP contribution >= 0.6 is 0 Å². The molecule has 2 N–H and O–H groups in total. The molecule has 8 heterocycles. The minimum Gasteiger partial charge on any atom is -0.381 e. The van der Waals surface area contributed by atoms with Gasteiger partial charge in [0.05, 0.1) is 41.1 Å². The fourth-order valence-corrected chi connectivity index (χ4v) is 10.7. The van der Waals surface area contributed by atoms with Crippen LogP contribution in [-0.2, 0) is 21.4 Å². The number of rotatable bonds is 9. The number of aryl methyl sites for hydroxylation is 1. The Hall–Kier alpha value is -5.97. The van der Waals surface area contributed by atoms with E-state index in [1.54, 1.807) is 24.1 Å². The van der Waals surface area contributed by atoms with Gasteiger partial charge in [-0.05, 0) is 80.9 Å². The van der Waals surface area contributed by atoms with E-state index in [2.05, 4.69) is 47.4 Å². The molecule has 4 aromatic heterocycles. The summed E-state index contributed by atoms with van der Waals surface area (Å²) in [6, 6.07) is 6.63. The molecule has 19 heteroatoms. The number of aromatic nitrogens is 7. The first-order chi connectivity index (χ1) is 31.5. The number of fused-ring (bicyclic) bond motifs is 2. The van der Waals surface area contributed by atoms with Crippen molar-refractivity contribution in [1.29, 1.82) is 0 Å². The molecular formula is C46H54F2N12O5. The summed E-state index contributed by atoms with van der Waals surface area (Å²) in [5.74, 6) is 6.47. The summed E-state index contributed by atoms with van der Waals surface area (Å²) in [4.78, 5) is 63.2. The van der Waals surface area contributed by atoms with Crippen LogP contribution in [0.3, 0.4) is 0 Å². The molecule has 1 spiro atoms. The monoisotopic (exact) mass is 892 g/mol. The molecular weight excluding hydrogens is 839 g/mol. The van der Waals surface area contributed by atoms with Gasteiger partial charge in [-0.3, -0.25) is 38.4 Å². The number of nitrogens with one attached hydrogen (secondary N) is 2. The Morgan fingerprint density at radius 2 is 1.78 bits per heavy atom. The van der Waals surface area contributed by atoms with Crippen molar-refractivity contribution < 1.29 is 27.9 Å². The lowest BCUT2D eigenvalue weighted by Gasteiger charge is -2.37. The normalized spacial score (nSPS) is 23.1. The lowest BCUT2D eigenvalue weighted by Crippen LogP contribution is -2.48. The van der Waals surface area contributed by atoms with E-state index in [9.17, 15) is 28.0 Å². The number of imidazole rings is 1. The highest BCUT2D eigenvalue weighted by Crippen LogP contribution is 2.41. The largest absolute Gasteiger partial charge is 0.381 e. The summed E-state index contributed by atoms with van der Waals surface area (Å²) in [5.41, 5.74) is 2.01. The maximum atomic E-state index is 14.4. The van der Waals surface area contributed by atoms with Crippen LogP contribution in [0, 0.1) is 23.2 Å². The first-order valence-corrected chi connectivity index (χ1v) is 22.9. The lowest BCUT2D eigenvalue weighted by atomic mass is 9.80. The van der Waals surface area contributed by atoms with Crippen molar-refractivity contribution in [3.63, 3.8) is 0 Å². The van der Waals surface area contributed by atoms with Crippen molar-refractivity contribution in [2.24, 2.45) is 18.4 Å². The number of carbonyl (C=O) groups excluding carboxylic acids is 3. The van der Waals surface area contributed by atoms with Crippen molar-refractivity contribution >= 4 is 45.9 Å². The minimum atomic E-state index is -2.86. The van der Waals surface area contributed by atoms with Crippen LogP contribution in [0.2, 0.25) is 0 Å². The second kappa shape index (κ2) is 17.8. The van der Waals surface area contributed by atoms with Crippen LogP contribution in [-0.4, -0.2) is 127 Å². The van der Waals surface area contributed by atoms with Crippen molar-refractivity contribution in [2.45, 2.75) is 76.3 Å². The smallest absolute Gasteiger partial charge is 0.329 e. The van der Waals surface area contributed by atoms with Gasteiger partial charge in [-0.1, -0.05) is 17.9 Å². The maximum absolute atomic E-state index is 14.4. The van der Waals surface area contributed by atoms with E-state index in [0.717, 1.165) is 110 Å². The van der Waals surface area contributed by atoms with Gasteiger partial charge in [0, 0.05) is 84.9 Å². The number of benzene rings is 1. The Morgan fingerprint density at radius 1 is 1.00 bits per heavy atom. The number of carbonyl (C=O) groups is 3. The van der Waals surface area contributed by atoms with Crippen molar-refractivity contribution in [3.8, 4) is 11.8 Å². The molecule has 5 aromatic rings. The minimum absolute atomic E-state index is 0.00210. The van der Waals surface area contributed by atoms with Crippen molar-refractivity contribution in [3.05, 3.63) is 70.2 Å². The zero-order valence-electron chi connectivity index (χ0n) is 36.6. The number of piperidine rings is 1. The number of ether oxygens (including phenoxy) is 1. The fraction of sp³-hybridized carbons (Fsp3) is 0.543. The van der Waals surface area contributed by atoms with Gasteiger partial charge in [0.25, 0.3) is 12.3 Å². The van der Waals surface area contributed by atoms with Gasteiger partial charge in [-0.25, -0.2) is 23.1 Å². The molecule has 1 unspecified atom stereocenters. The Labute approximate surface area is 374 Å². The quantitative estimate of drug-likeness (QED) is 0.161. The number of halogens is 2. The predicted molar refractivity (Wildman–Crippen MR) is 237 cm³/mol. The van der Waals surface area contributed by atoms with E-state index in [0.29, 0.717) is 34.7 Å². The second-order valence-corrected chi connectivity index (χ2v) is 18.5. The van der Waals surface area contributed by atoms with Crippen LogP contribution in [0.5, 0.6) is 0 Å². The highest BCUT2D eigenvalue weighted by atomic mass is 19.3. The summed E-state index contributed by atoms with van der Waals surface area (Å²) >= 11 is 0. The number of anilines is 2. The predicted octanol–water partition coefficient (Wildman–Crippen LogP) is 4.15. The second-order valence-electron chi connectivity index (χ2n) is 18.5. The van der Waals surface area contributed by atoms with E-state index < -0.39 is 30.0 Å². The van der Waals surface area contributed by atoms with E-state index in [-0.39, 0.29) is 47.1 Å². The average molecular weight is 893 g/mol. The van der Waals surface area contributed by atoms with Crippen molar-refractivity contribution in [2.75, 3.05) is 75.8 Å². The Kier molecular flexibility index (Phi) is 11.7. The average Bonchev–Trinajstić information content (AvgIpc) is 4.09. The van der Waals surface area contributed by atoms with Gasteiger partial charge in [-0.15, -0.1) is 0 Å². The molecule has 4 saturated heterocycles. The van der Waals surface area contributed by atoms with Gasteiger partial charge in [0.15, 0.2) is 11.3 Å². The summed E-state index contributed by atoms with van der Waals surface area (Å²) < 4.78 is 40.5. The zero-order valence-corrected chi connectivity index (χ0v) is 36.6. The Balaban J connectivity index is 0.715. The number of nitrogens with zero attached hydrogens (tertiary/aromatic N) is 10. The molecule has 4 aliphatic heterocycles. The summed E-state index contributed by atoms with van der Waals surface area (Å²) in [6.07, 6.45) is 8.96. The van der Waals surface area contributed by atoms with E-state index >= 15 is 0 Å². The van der Waals surface area contributed by atoms with Crippen LogP contribution in [0.4, 0.5) is 20.3 Å². The van der Waals surface area contributed by atoms with Gasteiger partial charge >= 0.3 is 5.69 Å². The topological polar surface area (TPSA) is 169 Å². The molecule has 65 heavy (non-hydrogen) atoms. The first kappa shape index (κ1) is 43.0. The van der Waals surface area contributed by atoms with E-state index in [4.69, 9.17) is 9.72 Å². The molecule has 3 amide bonds. The summed E-state index contributed by atoms with van der Waals surface area (Å²) in [5, 5.41) is 13.7. The maximum Gasteiger partial charge on any atom is 0.329 e. The number of hydrogen-bond donors (Lipinski definition) is 2. The standard InChI is InChI=1S/C46H54F2N12O5/c1-54-40-31(4-2-6-35(40)60(45(54)64)36-11-12-38(61)52-44(36)63)5-3-17-55-20-22-56(23-21-55)27-30-7-9-32(10-8-30)59-28-34(39(53-59)41(47)48)50-43(62)33-26-49-58-18-13-37(51-42(33)58)57-19-14-46(29-57)15-24-65-25-16-46/h2,4,6,13,18,26,28,30,32,36,41H,7-12,14-17,19-25,27,29H2,1H3,(H,50,62)(H,52,61,63). The van der Waals surface area contributed by atoms with Gasteiger partial charge in [0.2, 0.25) is 11.8 Å². The molecule has 1 saturated carbocycles. The molecule has 1 aromatic carbocycles. The highest BCUT2D eigenvalue weighted by Gasteiger charge is 2.40. The Bertz CT molecular complexity index is 2740. The number of hydrogen-bond acceptors (Lipinski definition) is 11. The van der Waals surface area contributed by atoms with Crippen LogP contribution < -0.4 is 21.2 Å². The fourth-order valence-electron chi connectivity index (χ4n) is 10.7. The summed E-state index contributed by atoms with van der Waals surface area (Å²) in [6.45, 7) is 8.42. The number of alkyl halides is 2. The number of imide groups is 1. The van der Waals surface area contributed by atoms with Gasteiger partial charge in [-0.2, -0.15) is 10.2 Å². The molecule has 5 fully saturated rings. The zero-order chi connectivity index (χ0) is 44.8. The highest BCUT2D eigenvalue weighted by molar-refractivity contribution is 6.08. The third-order valence-corrected chi connectivity index (χ3v) is 14.5. The molecule has 5 aliphatic rings. The molecule has 1 atom stereocenters. The number of amides is 3. The third-order valence-electron chi connectivity index (χ3n) is 14.5. The SMILES string of the molecule is Cn1c(=O)n(C2CCC(=O)NC2=O)c2cccc(C#CCN3CCN(CC4CCC(n5cc(NC(=O)c6cnn7ccc(N8CCC9(CCOCC9)C8)nc67)c(C(F)F)n5)CC4)CC3)c21. The summed E-state index contributed by atoms with van der Waals surface area (Å²) in [7, 11) is 1.68. The molecule has 342 valence electrons.